The normalized spacial score (nSPS) is 16.9. The van der Waals surface area contributed by atoms with Gasteiger partial charge >= 0.3 is 0 Å². The number of carbonyl (C=O) groups is 1. The van der Waals surface area contributed by atoms with Crippen molar-refractivity contribution in [3.8, 4) is 0 Å². The predicted molar refractivity (Wildman–Crippen MR) is 63.0 cm³/mol. The Hall–Kier alpha value is -2.04. The summed E-state index contributed by atoms with van der Waals surface area (Å²) in [4.78, 5) is 21.4. The molecular formula is C12H13N2O3+. The molecule has 0 radical (unpaired) electrons. The van der Waals surface area contributed by atoms with E-state index in [0.29, 0.717) is 5.71 Å². The summed E-state index contributed by atoms with van der Waals surface area (Å²) in [5.41, 5.74) is 1.85. The van der Waals surface area contributed by atoms with Gasteiger partial charge in [-0.3, -0.25) is 14.9 Å². The topological polar surface area (TPSA) is 63.2 Å². The van der Waals surface area contributed by atoms with Gasteiger partial charge in [0.2, 0.25) is 17.7 Å². The zero-order chi connectivity index (χ0) is 12.8. The lowest BCUT2D eigenvalue weighted by Crippen LogP contribution is -2.29. The van der Waals surface area contributed by atoms with Crippen molar-refractivity contribution in [2.45, 2.75) is 19.3 Å². The van der Waals surface area contributed by atoms with Gasteiger partial charge in [0.1, 0.15) is 7.05 Å². The first-order chi connectivity index (χ1) is 7.89. The number of nitrogens with zero attached hydrogens (tertiary/aromatic N) is 2. The molecule has 0 aliphatic carbocycles. The van der Waals surface area contributed by atoms with Crippen molar-refractivity contribution in [2.75, 3.05) is 7.05 Å². The molecule has 5 heteroatoms. The summed E-state index contributed by atoms with van der Waals surface area (Å²) >= 11 is 0. The molecular weight excluding hydrogens is 220 g/mol. The van der Waals surface area contributed by atoms with Gasteiger partial charge in [-0.25, -0.2) is 0 Å². The Morgan fingerprint density at radius 1 is 1.41 bits per heavy atom. The van der Waals surface area contributed by atoms with Gasteiger partial charge in [-0.2, -0.15) is 4.58 Å². The molecule has 88 valence electrons. The van der Waals surface area contributed by atoms with Gasteiger partial charge in [-0.05, 0) is 13.8 Å². The molecule has 0 saturated carbocycles. The van der Waals surface area contributed by atoms with Gasteiger partial charge in [-0.1, -0.05) is 0 Å². The lowest BCUT2D eigenvalue weighted by Gasteiger charge is -2.13. The maximum atomic E-state index is 11.1. The van der Waals surface area contributed by atoms with Crippen LogP contribution in [-0.2, 0) is 10.2 Å². The second kappa shape index (κ2) is 3.48. The molecule has 0 N–H and O–H groups in total. The lowest BCUT2D eigenvalue weighted by molar-refractivity contribution is -0.401. The largest absolute Gasteiger partial charge is 0.292 e. The smallest absolute Gasteiger partial charge is 0.270 e. The van der Waals surface area contributed by atoms with E-state index < -0.39 is 10.3 Å². The zero-order valence-electron chi connectivity index (χ0n) is 9.93. The van der Waals surface area contributed by atoms with Gasteiger partial charge in [0, 0.05) is 23.8 Å². The van der Waals surface area contributed by atoms with Gasteiger partial charge in [0.15, 0.2) is 0 Å². The van der Waals surface area contributed by atoms with Crippen LogP contribution in [0, 0.1) is 10.1 Å². The fourth-order valence-electron chi connectivity index (χ4n) is 2.34. The van der Waals surface area contributed by atoms with Crippen LogP contribution in [0.2, 0.25) is 0 Å². The zero-order valence-corrected chi connectivity index (χ0v) is 9.93. The van der Waals surface area contributed by atoms with E-state index in [-0.39, 0.29) is 5.69 Å². The molecule has 0 saturated heterocycles. The summed E-state index contributed by atoms with van der Waals surface area (Å²) in [6, 6.07) is 4.69. The molecule has 1 aromatic rings. The van der Waals surface area contributed by atoms with Crippen LogP contribution in [-0.4, -0.2) is 28.5 Å². The Balaban J connectivity index is 2.69. The number of rotatable bonds is 2. The van der Waals surface area contributed by atoms with E-state index >= 15 is 0 Å². The molecule has 0 aromatic heterocycles. The Bertz CT molecular complexity index is 559. The van der Waals surface area contributed by atoms with Gasteiger partial charge in [0.05, 0.1) is 10.3 Å². The van der Waals surface area contributed by atoms with Crippen molar-refractivity contribution in [1.82, 2.24) is 0 Å². The third-order valence-corrected chi connectivity index (χ3v) is 3.34. The quantitative estimate of drug-likeness (QED) is 0.338. The van der Waals surface area contributed by atoms with Crippen molar-refractivity contribution in [3.05, 3.63) is 33.9 Å². The monoisotopic (exact) mass is 233 g/mol. The highest BCUT2D eigenvalue weighted by molar-refractivity contribution is 6.31. The van der Waals surface area contributed by atoms with Crippen LogP contribution in [0.15, 0.2) is 18.2 Å². The Kier molecular flexibility index (Phi) is 2.34. The van der Waals surface area contributed by atoms with Crippen molar-refractivity contribution in [3.63, 3.8) is 0 Å². The van der Waals surface area contributed by atoms with Gasteiger partial charge < -0.3 is 0 Å². The first-order valence-corrected chi connectivity index (χ1v) is 5.25. The molecule has 0 amide bonds. The molecule has 0 bridgehead atoms. The summed E-state index contributed by atoms with van der Waals surface area (Å²) in [6.45, 7) is 3.78. The summed E-state index contributed by atoms with van der Waals surface area (Å²) in [6.07, 6.45) is 0.811. The van der Waals surface area contributed by atoms with Crippen LogP contribution in [0.4, 0.5) is 11.4 Å². The molecule has 1 aliphatic rings. The fraction of sp³-hybridized carbons (Fsp3) is 0.333. The third kappa shape index (κ3) is 1.46. The third-order valence-electron chi connectivity index (χ3n) is 3.34. The molecule has 2 rings (SSSR count). The number of carbonyl (C=O) groups excluding carboxylic acids is 1. The minimum atomic E-state index is -0.488. The van der Waals surface area contributed by atoms with E-state index in [1.54, 1.807) is 23.8 Å². The molecule has 0 spiro atoms. The maximum Gasteiger partial charge on any atom is 0.270 e. The average molecular weight is 233 g/mol. The van der Waals surface area contributed by atoms with Gasteiger partial charge in [-0.15, -0.1) is 0 Å². The number of nitro groups is 1. The summed E-state index contributed by atoms with van der Waals surface area (Å²) in [5, 5.41) is 10.8. The second-order valence-corrected chi connectivity index (χ2v) is 4.65. The standard InChI is InChI=1S/C12H13N2O3/c1-12(2)9-6-8(14(16)17)4-5-10(9)13(3)11(12)7-15/h4-7H,1-3H3/q+1. The Morgan fingerprint density at radius 3 is 2.59 bits per heavy atom. The minimum absolute atomic E-state index is 0.0531. The molecule has 0 unspecified atom stereocenters. The van der Waals surface area contributed by atoms with Crippen LogP contribution in [0.3, 0.4) is 0 Å². The van der Waals surface area contributed by atoms with Crippen molar-refractivity contribution in [1.29, 1.82) is 0 Å². The number of nitro benzene ring substituents is 1. The molecule has 1 aromatic carbocycles. The van der Waals surface area contributed by atoms with Crippen LogP contribution in [0.1, 0.15) is 19.4 Å². The average Bonchev–Trinajstić information content (AvgIpc) is 2.46. The first kappa shape index (κ1) is 11.4. The number of hydrogen-bond donors (Lipinski definition) is 0. The molecule has 1 heterocycles. The van der Waals surface area contributed by atoms with E-state index in [1.807, 2.05) is 13.8 Å². The van der Waals surface area contributed by atoms with E-state index in [1.165, 1.54) is 6.07 Å². The van der Waals surface area contributed by atoms with E-state index in [0.717, 1.165) is 17.5 Å². The van der Waals surface area contributed by atoms with E-state index in [4.69, 9.17) is 0 Å². The first-order valence-electron chi connectivity index (χ1n) is 5.25. The lowest BCUT2D eigenvalue weighted by atomic mass is 9.82. The number of hydrogen-bond acceptors (Lipinski definition) is 3. The number of fused-ring (bicyclic) bond motifs is 1. The van der Waals surface area contributed by atoms with E-state index in [2.05, 4.69) is 0 Å². The summed E-state index contributed by atoms with van der Waals surface area (Å²) in [7, 11) is 1.79. The minimum Gasteiger partial charge on any atom is -0.292 e. The van der Waals surface area contributed by atoms with Crippen LogP contribution in [0.25, 0.3) is 0 Å². The highest BCUT2D eigenvalue weighted by Crippen LogP contribution is 2.40. The van der Waals surface area contributed by atoms with Crippen LogP contribution >= 0.6 is 0 Å². The molecule has 1 aliphatic heterocycles. The molecule has 0 fully saturated rings. The predicted octanol–water partition coefficient (Wildman–Crippen LogP) is 1.80. The van der Waals surface area contributed by atoms with E-state index in [9.17, 15) is 14.9 Å². The Labute approximate surface area is 98.5 Å². The molecule has 17 heavy (non-hydrogen) atoms. The molecule has 0 atom stereocenters. The maximum absolute atomic E-state index is 11.1. The highest BCUT2D eigenvalue weighted by Gasteiger charge is 2.45. The molecule has 5 nitrogen and oxygen atoms in total. The van der Waals surface area contributed by atoms with Crippen LogP contribution < -0.4 is 0 Å². The number of non-ortho nitro benzene ring substituents is 1. The Morgan fingerprint density at radius 2 is 2.06 bits per heavy atom. The van der Waals surface area contributed by atoms with Crippen molar-refractivity contribution >= 4 is 23.4 Å². The SMILES string of the molecule is C[N+]1=C(C=O)C(C)(C)c2cc([N+](=O)[O-])ccc21. The summed E-state index contributed by atoms with van der Waals surface area (Å²) in [5.74, 6) is 0. The fourth-order valence-corrected chi connectivity index (χ4v) is 2.34. The van der Waals surface area contributed by atoms with Crippen molar-refractivity contribution in [2.24, 2.45) is 0 Å². The van der Waals surface area contributed by atoms with Gasteiger partial charge in [0.25, 0.3) is 5.69 Å². The second-order valence-electron chi connectivity index (χ2n) is 4.65. The number of aldehydes is 1. The highest BCUT2D eigenvalue weighted by atomic mass is 16.6. The van der Waals surface area contributed by atoms with Crippen molar-refractivity contribution < 1.29 is 14.3 Å². The summed E-state index contributed by atoms with van der Waals surface area (Å²) < 4.78 is 1.78. The van der Waals surface area contributed by atoms with Crippen LogP contribution in [0.5, 0.6) is 0 Å². The number of benzene rings is 1.